The number of ether oxygens (including phenoxy) is 2. The summed E-state index contributed by atoms with van der Waals surface area (Å²) in [4.78, 5) is 4.34. The van der Waals surface area contributed by atoms with Crippen LogP contribution in [-0.2, 0) is 19.3 Å². The van der Waals surface area contributed by atoms with E-state index in [1.165, 1.54) is 29.5 Å². The fourth-order valence-electron chi connectivity index (χ4n) is 3.60. The predicted octanol–water partition coefficient (Wildman–Crippen LogP) is 3.32. The van der Waals surface area contributed by atoms with Crippen LogP contribution in [-0.4, -0.2) is 30.8 Å². The predicted molar refractivity (Wildman–Crippen MR) is 98.4 cm³/mol. The van der Waals surface area contributed by atoms with Crippen molar-refractivity contribution < 1.29 is 9.47 Å². The minimum absolute atomic E-state index is 0.485. The van der Waals surface area contributed by atoms with Crippen LogP contribution in [0.15, 0.2) is 36.7 Å². The van der Waals surface area contributed by atoms with Gasteiger partial charge in [-0.15, -0.1) is 0 Å². The molecule has 4 nitrogen and oxygen atoms in total. The van der Waals surface area contributed by atoms with Gasteiger partial charge in [0.05, 0.1) is 12.8 Å². The van der Waals surface area contributed by atoms with Crippen molar-refractivity contribution in [2.24, 2.45) is 0 Å². The third kappa shape index (κ3) is 4.31. The Hall–Kier alpha value is -2.07. The van der Waals surface area contributed by atoms with Gasteiger partial charge in [0.15, 0.2) is 0 Å². The quantitative estimate of drug-likeness (QED) is 0.877. The summed E-state index contributed by atoms with van der Waals surface area (Å²) in [5.74, 6) is 1.95. The summed E-state index contributed by atoms with van der Waals surface area (Å²) >= 11 is 0. The molecule has 25 heavy (non-hydrogen) atoms. The number of nitrogens with zero attached hydrogens (tertiary/aromatic N) is 1. The minimum Gasteiger partial charge on any atom is -0.493 e. The smallest absolute Gasteiger partial charge is 0.137 e. The molecule has 0 aliphatic carbocycles. The highest BCUT2D eigenvalue weighted by atomic mass is 16.5. The van der Waals surface area contributed by atoms with E-state index in [-0.39, 0.29) is 0 Å². The first-order valence-corrected chi connectivity index (χ1v) is 9.41. The zero-order valence-electron chi connectivity index (χ0n) is 14.7. The third-order valence-corrected chi connectivity index (χ3v) is 5.07. The first kappa shape index (κ1) is 16.4. The number of fused-ring (bicyclic) bond motifs is 1. The maximum absolute atomic E-state index is 5.91. The van der Waals surface area contributed by atoms with Gasteiger partial charge in [0.25, 0.3) is 0 Å². The van der Waals surface area contributed by atoms with Crippen LogP contribution < -0.4 is 14.8 Å². The first-order valence-electron chi connectivity index (χ1n) is 9.41. The fourth-order valence-corrected chi connectivity index (χ4v) is 3.60. The molecule has 0 bridgehead atoms. The molecule has 0 amide bonds. The maximum atomic E-state index is 5.91. The van der Waals surface area contributed by atoms with E-state index in [1.54, 1.807) is 0 Å². The fraction of sp³-hybridized carbons (Fsp3) is 0.476. The number of aryl methyl sites for hydroxylation is 3. The molecule has 0 spiro atoms. The lowest BCUT2D eigenvalue weighted by molar-refractivity contribution is 0.276. The van der Waals surface area contributed by atoms with Crippen LogP contribution in [0.1, 0.15) is 36.0 Å². The van der Waals surface area contributed by atoms with E-state index in [4.69, 9.17) is 9.47 Å². The van der Waals surface area contributed by atoms with Gasteiger partial charge >= 0.3 is 0 Å². The van der Waals surface area contributed by atoms with Gasteiger partial charge in [-0.1, -0.05) is 12.1 Å². The molecule has 2 aromatic rings. The average Bonchev–Trinajstić information content (AvgIpc) is 3.19. The molecule has 0 saturated carbocycles. The molecule has 1 saturated heterocycles. The van der Waals surface area contributed by atoms with Crippen LogP contribution in [0.4, 0.5) is 0 Å². The molecular weight excluding hydrogens is 312 g/mol. The van der Waals surface area contributed by atoms with Gasteiger partial charge < -0.3 is 14.8 Å². The highest BCUT2D eigenvalue weighted by molar-refractivity contribution is 5.39. The van der Waals surface area contributed by atoms with Crippen LogP contribution in [0.2, 0.25) is 0 Å². The molecule has 1 unspecified atom stereocenters. The molecule has 1 fully saturated rings. The lowest BCUT2D eigenvalue weighted by Crippen LogP contribution is -2.28. The molecule has 1 N–H and O–H groups in total. The first-order chi connectivity index (χ1) is 12.4. The molecule has 1 aromatic carbocycles. The lowest BCUT2D eigenvalue weighted by Gasteiger charge is -2.18. The van der Waals surface area contributed by atoms with Gasteiger partial charge in [0, 0.05) is 12.2 Å². The Morgan fingerprint density at radius 3 is 3.00 bits per heavy atom. The van der Waals surface area contributed by atoms with Crippen LogP contribution in [0.5, 0.6) is 11.5 Å². The van der Waals surface area contributed by atoms with E-state index in [2.05, 4.69) is 34.6 Å². The molecule has 2 aliphatic rings. The van der Waals surface area contributed by atoms with E-state index in [0.29, 0.717) is 6.04 Å². The van der Waals surface area contributed by atoms with Gasteiger partial charge in [0.2, 0.25) is 0 Å². The van der Waals surface area contributed by atoms with Gasteiger partial charge in [0.1, 0.15) is 18.1 Å². The van der Waals surface area contributed by atoms with E-state index in [0.717, 1.165) is 56.9 Å². The van der Waals surface area contributed by atoms with Crippen molar-refractivity contribution in [3.8, 4) is 11.5 Å². The molecule has 0 radical (unpaired) electrons. The number of nitrogens with one attached hydrogen (secondary N) is 1. The molecular formula is C21H26N2O2. The van der Waals surface area contributed by atoms with Crippen molar-refractivity contribution in [2.75, 3.05) is 19.8 Å². The Kier molecular flexibility index (Phi) is 5.17. The van der Waals surface area contributed by atoms with Crippen LogP contribution >= 0.6 is 0 Å². The van der Waals surface area contributed by atoms with Crippen molar-refractivity contribution in [3.63, 3.8) is 0 Å². The molecule has 2 aliphatic heterocycles. The number of aromatic nitrogens is 1. The minimum atomic E-state index is 0.485. The highest BCUT2D eigenvalue weighted by Crippen LogP contribution is 2.26. The summed E-state index contributed by atoms with van der Waals surface area (Å²) in [7, 11) is 0. The Morgan fingerprint density at radius 2 is 2.08 bits per heavy atom. The van der Waals surface area contributed by atoms with E-state index in [9.17, 15) is 0 Å². The number of hydrogen-bond donors (Lipinski definition) is 1. The van der Waals surface area contributed by atoms with Gasteiger partial charge in [-0.05, 0) is 73.9 Å². The Morgan fingerprint density at radius 1 is 1.12 bits per heavy atom. The van der Waals surface area contributed by atoms with Crippen LogP contribution in [0.3, 0.4) is 0 Å². The van der Waals surface area contributed by atoms with E-state index < -0.39 is 0 Å². The summed E-state index contributed by atoms with van der Waals surface area (Å²) in [5.41, 5.74) is 3.88. The second-order valence-corrected chi connectivity index (χ2v) is 7.03. The number of rotatable bonds is 6. The average molecular weight is 338 g/mol. The van der Waals surface area contributed by atoms with Crippen LogP contribution in [0.25, 0.3) is 0 Å². The van der Waals surface area contributed by atoms with Crippen LogP contribution in [0, 0.1) is 0 Å². The van der Waals surface area contributed by atoms with Crippen molar-refractivity contribution in [3.05, 3.63) is 53.3 Å². The summed E-state index contributed by atoms with van der Waals surface area (Å²) in [5, 5.41) is 3.46. The normalized spacial score (nSPS) is 19.3. The highest BCUT2D eigenvalue weighted by Gasteiger charge is 2.14. The Labute approximate surface area is 149 Å². The van der Waals surface area contributed by atoms with Gasteiger partial charge in [-0.3, -0.25) is 4.98 Å². The monoisotopic (exact) mass is 338 g/mol. The Balaban J connectivity index is 1.33. The zero-order chi connectivity index (χ0) is 16.9. The van der Waals surface area contributed by atoms with E-state index in [1.807, 2.05) is 12.4 Å². The molecule has 3 heterocycles. The third-order valence-electron chi connectivity index (χ3n) is 5.07. The number of pyridine rings is 1. The number of hydrogen-bond acceptors (Lipinski definition) is 4. The summed E-state index contributed by atoms with van der Waals surface area (Å²) < 4.78 is 11.7. The molecule has 132 valence electrons. The molecule has 4 rings (SSSR count). The van der Waals surface area contributed by atoms with Crippen molar-refractivity contribution in [1.29, 1.82) is 0 Å². The van der Waals surface area contributed by atoms with Crippen molar-refractivity contribution in [2.45, 2.75) is 44.6 Å². The zero-order valence-corrected chi connectivity index (χ0v) is 14.7. The summed E-state index contributed by atoms with van der Waals surface area (Å²) in [6.45, 7) is 2.68. The Bertz CT molecular complexity index is 711. The maximum Gasteiger partial charge on any atom is 0.137 e. The molecule has 1 aromatic heterocycles. The topological polar surface area (TPSA) is 43.4 Å². The van der Waals surface area contributed by atoms with Crippen molar-refractivity contribution >= 4 is 0 Å². The number of benzene rings is 1. The largest absolute Gasteiger partial charge is 0.493 e. The SMILES string of the molecule is c1cc2c(cc1CCc1cncc(OCC3CCCN3)c1)OCCC2. The van der Waals surface area contributed by atoms with Crippen molar-refractivity contribution in [1.82, 2.24) is 10.3 Å². The standard InChI is InChI=1S/C21H26N2O2/c1-4-19(23-9-1)15-25-20-11-17(13-22-14-20)6-5-16-7-8-18-3-2-10-24-21(18)12-16/h7-8,11-14,19,23H,1-6,9-10,15H2. The lowest BCUT2D eigenvalue weighted by atomic mass is 10.0. The van der Waals surface area contributed by atoms with Gasteiger partial charge in [-0.2, -0.15) is 0 Å². The second kappa shape index (κ2) is 7.87. The van der Waals surface area contributed by atoms with E-state index >= 15 is 0 Å². The second-order valence-electron chi connectivity index (χ2n) is 7.03. The summed E-state index contributed by atoms with van der Waals surface area (Å²) in [6, 6.07) is 9.26. The summed E-state index contributed by atoms with van der Waals surface area (Å²) in [6.07, 6.45) is 10.4. The molecule has 4 heteroatoms. The molecule has 1 atom stereocenters. The van der Waals surface area contributed by atoms with Gasteiger partial charge in [-0.25, -0.2) is 0 Å².